The Hall–Kier alpha value is -1.74. The smallest absolute Gasteiger partial charge is 0.138 e. The molecule has 0 atom stereocenters. The fourth-order valence-electron chi connectivity index (χ4n) is 1.55. The van der Waals surface area contributed by atoms with Crippen LogP contribution in [0.4, 0.5) is 0 Å². The summed E-state index contributed by atoms with van der Waals surface area (Å²) in [5.74, 6) is 0. The lowest BCUT2D eigenvalue weighted by atomic mass is 10.3. The third-order valence-corrected chi connectivity index (χ3v) is 3.33. The van der Waals surface area contributed by atoms with Crippen molar-refractivity contribution in [3.05, 3.63) is 54.9 Å². The summed E-state index contributed by atoms with van der Waals surface area (Å²) in [6.45, 7) is 0. The van der Waals surface area contributed by atoms with Gasteiger partial charge in [0.2, 0.25) is 0 Å². The predicted molar refractivity (Wildman–Crippen MR) is 64.6 cm³/mol. The Morgan fingerprint density at radius 3 is 2.75 bits per heavy atom. The molecule has 1 aromatic carbocycles. The van der Waals surface area contributed by atoms with Crippen LogP contribution in [0.15, 0.2) is 69.3 Å². The molecule has 16 heavy (non-hydrogen) atoms. The van der Waals surface area contributed by atoms with Crippen LogP contribution in [-0.2, 0) is 0 Å². The number of fused-ring (bicyclic) bond motifs is 1. The van der Waals surface area contributed by atoms with Crippen molar-refractivity contribution in [3.8, 4) is 0 Å². The van der Waals surface area contributed by atoms with Gasteiger partial charge in [-0.1, -0.05) is 30.0 Å². The summed E-state index contributed by atoms with van der Waals surface area (Å²) in [5.41, 5.74) is 0.883. The molecule has 0 aliphatic carbocycles. The average molecular weight is 227 g/mol. The summed E-state index contributed by atoms with van der Waals surface area (Å²) >= 11 is 1.65. The Kier molecular flexibility index (Phi) is 2.38. The van der Waals surface area contributed by atoms with Gasteiger partial charge in [-0.05, 0) is 24.3 Å². The maximum atomic E-state index is 5.34. The van der Waals surface area contributed by atoms with Gasteiger partial charge in [0.1, 0.15) is 10.6 Å². The summed E-state index contributed by atoms with van der Waals surface area (Å²) in [7, 11) is 0. The van der Waals surface area contributed by atoms with Gasteiger partial charge in [0.15, 0.2) is 0 Å². The molecule has 3 aromatic rings. The fourth-order valence-corrected chi connectivity index (χ4v) is 2.46. The molecule has 3 rings (SSSR count). The molecule has 3 heteroatoms. The molecule has 0 fully saturated rings. The molecule has 2 nitrogen and oxygen atoms in total. The van der Waals surface area contributed by atoms with Crippen LogP contribution >= 0.6 is 11.8 Å². The number of nitrogens with zero attached hydrogens (tertiary/aromatic N) is 1. The summed E-state index contributed by atoms with van der Waals surface area (Å²) < 4.78 is 5.34. The highest BCUT2D eigenvalue weighted by Crippen LogP contribution is 2.31. The molecule has 0 amide bonds. The first-order valence-electron chi connectivity index (χ1n) is 4.98. The van der Waals surface area contributed by atoms with Crippen LogP contribution in [0.2, 0.25) is 0 Å². The fraction of sp³-hybridized carbons (Fsp3) is 0. The van der Waals surface area contributed by atoms with E-state index in [1.807, 2.05) is 30.3 Å². The first-order valence-corrected chi connectivity index (χ1v) is 5.80. The van der Waals surface area contributed by atoms with Crippen LogP contribution in [0, 0.1) is 0 Å². The molecular weight excluding hydrogens is 218 g/mol. The predicted octanol–water partition coefficient (Wildman–Crippen LogP) is 3.98. The van der Waals surface area contributed by atoms with E-state index in [4.69, 9.17) is 4.42 Å². The van der Waals surface area contributed by atoms with E-state index in [1.165, 1.54) is 4.90 Å². The first-order chi connectivity index (χ1) is 7.93. The minimum Gasteiger partial charge on any atom is -0.464 e. The van der Waals surface area contributed by atoms with Crippen molar-refractivity contribution < 1.29 is 4.42 Å². The van der Waals surface area contributed by atoms with Crippen molar-refractivity contribution in [3.63, 3.8) is 0 Å². The number of pyridine rings is 1. The highest BCUT2D eigenvalue weighted by Gasteiger charge is 2.05. The van der Waals surface area contributed by atoms with Crippen LogP contribution in [0.5, 0.6) is 0 Å². The van der Waals surface area contributed by atoms with Gasteiger partial charge in [-0.25, -0.2) is 4.98 Å². The molecule has 0 aliphatic rings. The lowest BCUT2D eigenvalue weighted by molar-refractivity contribution is 0.615. The Bertz CT molecular complexity index is 603. The van der Waals surface area contributed by atoms with Crippen LogP contribution in [-0.4, -0.2) is 4.98 Å². The van der Waals surface area contributed by atoms with E-state index in [2.05, 4.69) is 17.1 Å². The number of hydrogen-bond donors (Lipinski definition) is 0. The van der Waals surface area contributed by atoms with E-state index >= 15 is 0 Å². The number of hydrogen-bond acceptors (Lipinski definition) is 3. The molecule has 78 valence electrons. The molecule has 0 radical (unpaired) electrons. The van der Waals surface area contributed by atoms with Crippen molar-refractivity contribution in [2.45, 2.75) is 9.92 Å². The molecule has 0 N–H and O–H groups in total. The first kappa shape index (κ1) is 9.48. The summed E-state index contributed by atoms with van der Waals surface area (Å²) in [6, 6.07) is 14.0. The second-order valence-corrected chi connectivity index (χ2v) is 4.43. The van der Waals surface area contributed by atoms with Crippen molar-refractivity contribution >= 4 is 22.7 Å². The molecular formula is C13H9NOS. The largest absolute Gasteiger partial charge is 0.464 e. The molecule has 0 bridgehead atoms. The highest BCUT2D eigenvalue weighted by atomic mass is 32.2. The Morgan fingerprint density at radius 2 is 1.88 bits per heavy atom. The van der Waals surface area contributed by atoms with Crippen molar-refractivity contribution in [1.82, 2.24) is 4.98 Å². The van der Waals surface area contributed by atoms with Gasteiger partial charge in [-0.15, -0.1) is 0 Å². The Labute approximate surface area is 97.3 Å². The van der Waals surface area contributed by atoms with E-state index in [0.29, 0.717) is 0 Å². The quantitative estimate of drug-likeness (QED) is 0.662. The van der Waals surface area contributed by atoms with E-state index < -0.39 is 0 Å². The molecule has 0 saturated heterocycles. The van der Waals surface area contributed by atoms with E-state index in [1.54, 1.807) is 24.2 Å². The zero-order valence-electron chi connectivity index (χ0n) is 8.46. The standard InChI is InChI=1S/C13H9NOS/c1-2-4-10(5-3-1)16-13-11-7-9-15-12(11)6-8-14-13/h1-9H. The van der Waals surface area contributed by atoms with Gasteiger partial charge < -0.3 is 4.42 Å². The topological polar surface area (TPSA) is 26.0 Å². The second-order valence-electron chi connectivity index (χ2n) is 3.36. The van der Waals surface area contributed by atoms with Gasteiger partial charge in [0.05, 0.1) is 11.6 Å². The average Bonchev–Trinajstić information content (AvgIpc) is 2.80. The van der Waals surface area contributed by atoms with Gasteiger partial charge in [0, 0.05) is 11.1 Å². The van der Waals surface area contributed by atoms with Crippen LogP contribution in [0.3, 0.4) is 0 Å². The van der Waals surface area contributed by atoms with Gasteiger partial charge in [-0.3, -0.25) is 0 Å². The Morgan fingerprint density at radius 1 is 1.00 bits per heavy atom. The molecule has 0 saturated carbocycles. The molecule has 0 aliphatic heterocycles. The van der Waals surface area contributed by atoms with Crippen LogP contribution in [0.1, 0.15) is 0 Å². The molecule has 2 heterocycles. The van der Waals surface area contributed by atoms with Crippen molar-refractivity contribution in [2.75, 3.05) is 0 Å². The minimum absolute atomic E-state index is 0.883. The van der Waals surface area contributed by atoms with Gasteiger partial charge in [-0.2, -0.15) is 0 Å². The van der Waals surface area contributed by atoms with Gasteiger partial charge in [0.25, 0.3) is 0 Å². The third-order valence-electron chi connectivity index (χ3n) is 2.30. The van der Waals surface area contributed by atoms with E-state index in [-0.39, 0.29) is 0 Å². The summed E-state index contributed by atoms with van der Waals surface area (Å²) in [4.78, 5) is 5.56. The number of aromatic nitrogens is 1. The highest BCUT2D eigenvalue weighted by molar-refractivity contribution is 7.99. The zero-order chi connectivity index (χ0) is 10.8. The number of rotatable bonds is 2. The zero-order valence-corrected chi connectivity index (χ0v) is 9.28. The van der Waals surface area contributed by atoms with Crippen molar-refractivity contribution in [2.24, 2.45) is 0 Å². The van der Waals surface area contributed by atoms with Crippen LogP contribution in [0.25, 0.3) is 11.0 Å². The maximum absolute atomic E-state index is 5.34. The van der Waals surface area contributed by atoms with E-state index in [0.717, 1.165) is 16.0 Å². The maximum Gasteiger partial charge on any atom is 0.138 e. The minimum atomic E-state index is 0.883. The van der Waals surface area contributed by atoms with E-state index in [9.17, 15) is 0 Å². The third kappa shape index (κ3) is 1.70. The lowest BCUT2D eigenvalue weighted by Crippen LogP contribution is -1.79. The Balaban J connectivity index is 2.04. The normalized spacial score (nSPS) is 10.8. The van der Waals surface area contributed by atoms with Gasteiger partial charge >= 0.3 is 0 Å². The van der Waals surface area contributed by atoms with Crippen molar-refractivity contribution in [1.29, 1.82) is 0 Å². The summed E-state index contributed by atoms with van der Waals surface area (Å²) in [5, 5.41) is 2.05. The number of furan rings is 1. The second kappa shape index (κ2) is 4.02. The van der Waals surface area contributed by atoms with Crippen LogP contribution < -0.4 is 0 Å². The lowest BCUT2D eigenvalue weighted by Gasteiger charge is -2.00. The molecule has 0 unspecified atom stereocenters. The SMILES string of the molecule is c1ccc(Sc2nccc3occc23)cc1. The summed E-state index contributed by atoms with van der Waals surface area (Å²) in [6.07, 6.45) is 3.47. The number of benzene rings is 1. The molecule has 2 aromatic heterocycles. The monoisotopic (exact) mass is 227 g/mol. The molecule has 0 spiro atoms.